The highest BCUT2D eigenvalue weighted by atomic mass is 16.6. The third-order valence-corrected chi connectivity index (χ3v) is 3.88. The number of anilines is 1. The third-order valence-electron chi connectivity index (χ3n) is 3.88. The lowest BCUT2D eigenvalue weighted by Gasteiger charge is -2.18. The van der Waals surface area contributed by atoms with Crippen molar-refractivity contribution >= 4 is 17.3 Å². The minimum atomic E-state index is -0.522. The van der Waals surface area contributed by atoms with Crippen molar-refractivity contribution < 1.29 is 9.72 Å². The number of amides is 1. The van der Waals surface area contributed by atoms with E-state index in [1.54, 1.807) is 4.90 Å². The largest absolute Gasteiger partial charge is 0.338 e. The van der Waals surface area contributed by atoms with Gasteiger partial charge in [0.05, 0.1) is 16.2 Å². The molecule has 0 aromatic heterocycles. The number of nitrogens with zero attached hydrogens (tertiary/aromatic N) is 2. The van der Waals surface area contributed by atoms with Crippen LogP contribution in [0.15, 0.2) is 18.2 Å². The van der Waals surface area contributed by atoms with Gasteiger partial charge in [0.25, 0.3) is 11.6 Å². The summed E-state index contributed by atoms with van der Waals surface area (Å²) in [6.45, 7) is 5.50. The lowest BCUT2D eigenvalue weighted by atomic mass is 10.0. The zero-order chi connectivity index (χ0) is 14.9. The molecular weight excluding hydrogens is 260 g/mol. The summed E-state index contributed by atoms with van der Waals surface area (Å²) in [5.41, 5.74) is 2.94. The molecule has 1 aliphatic heterocycles. The first kappa shape index (κ1) is 14.3. The van der Waals surface area contributed by atoms with Gasteiger partial charge in [0.1, 0.15) is 0 Å². The molecule has 0 radical (unpaired) electrons. The maximum Gasteiger partial charge on any atom is 0.270 e. The molecule has 0 bridgehead atoms. The Balaban J connectivity index is 2.33. The van der Waals surface area contributed by atoms with Gasteiger partial charge in [-0.3, -0.25) is 20.8 Å². The number of rotatable bonds is 3. The highest BCUT2D eigenvalue weighted by Gasteiger charge is 2.31. The Morgan fingerprint density at radius 3 is 2.50 bits per heavy atom. The molecule has 1 aliphatic rings. The Kier molecular flexibility index (Phi) is 3.89. The molecule has 7 heteroatoms. The zero-order valence-corrected chi connectivity index (χ0v) is 11.5. The smallest absolute Gasteiger partial charge is 0.270 e. The fraction of sp³-hybridized carbons (Fsp3) is 0.462. The number of hydrogen-bond acceptors (Lipinski definition) is 5. The number of hydrogen-bond donors (Lipinski definition) is 2. The van der Waals surface area contributed by atoms with Crippen LogP contribution in [-0.2, 0) is 0 Å². The predicted molar refractivity (Wildman–Crippen MR) is 75.1 cm³/mol. The summed E-state index contributed by atoms with van der Waals surface area (Å²) in [4.78, 5) is 24.5. The predicted octanol–water partition coefficient (Wildman–Crippen LogP) is 1.61. The SMILES string of the molecule is CC1CN(C(=O)c2cc([N+](=O)[O-])ccc2NN)CC1C. The molecule has 1 amide bonds. The Morgan fingerprint density at radius 1 is 1.40 bits per heavy atom. The molecule has 1 aromatic carbocycles. The first-order valence-electron chi connectivity index (χ1n) is 6.48. The van der Waals surface area contributed by atoms with E-state index in [0.29, 0.717) is 30.6 Å². The zero-order valence-electron chi connectivity index (χ0n) is 11.5. The number of nitrogen functional groups attached to an aromatic ring is 1. The van der Waals surface area contributed by atoms with Crippen molar-refractivity contribution in [3.63, 3.8) is 0 Å². The molecule has 2 rings (SSSR count). The van der Waals surface area contributed by atoms with E-state index >= 15 is 0 Å². The molecule has 2 unspecified atom stereocenters. The van der Waals surface area contributed by atoms with Gasteiger partial charge in [-0.05, 0) is 17.9 Å². The van der Waals surface area contributed by atoms with E-state index < -0.39 is 4.92 Å². The molecule has 1 fully saturated rings. The number of carbonyl (C=O) groups excluding carboxylic acids is 1. The Bertz CT molecular complexity index is 536. The third kappa shape index (κ3) is 2.57. The van der Waals surface area contributed by atoms with Crippen LogP contribution in [0.5, 0.6) is 0 Å². The highest BCUT2D eigenvalue weighted by molar-refractivity contribution is 6.00. The Hall–Kier alpha value is -2.15. The number of hydrazine groups is 1. The van der Waals surface area contributed by atoms with Gasteiger partial charge in [-0.2, -0.15) is 0 Å². The van der Waals surface area contributed by atoms with Gasteiger partial charge < -0.3 is 10.3 Å². The minimum absolute atomic E-state index is 0.118. The summed E-state index contributed by atoms with van der Waals surface area (Å²) in [6.07, 6.45) is 0. The van der Waals surface area contributed by atoms with Gasteiger partial charge in [-0.25, -0.2) is 0 Å². The van der Waals surface area contributed by atoms with Crippen molar-refractivity contribution in [2.24, 2.45) is 17.7 Å². The molecule has 7 nitrogen and oxygen atoms in total. The number of non-ortho nitro benzene ring substituents is 1. The lowest BCUT2D eigenvalue weighted by molar-refractivity contribution is -0.384. The van der Waals surface area contributed by atoms with Gasteiger partial charge in [0.15, 0.2) is 0 Å². The quantitative estimate of drug-likeness (QED) is 0.497. The Morgan fingerprint density at radius 2 is 2.00 bits per heavy atom. The summed E-state index contributed by atoms with van der Waals surface area (Å²) in [6, 6.07) is 4.04. The van der Waals surface area contributed by atoms with Gasteiger partial charge in [0.2, 0.25) is 0 Å². The number of likely N-dealkylation sites (tertiary alicyclic amines) is 1. The first-order valence-corrected chi connectivity index (χ1v) is 6.48. The van der Waals surface area contributed by atoms with E-state index in [0.717, 1.165) is 0 Å². The lowest BCUT2D eigenvalue weighted by Crippen LogP contribution is -2.30. The van der Waals surface area contributed by atoms with Crippen molar-refractivity contribution in [1.82, 2.24) is 4.90 Å². The average Bonchev–Trinajstić information content (AvgIpc) is 2.77. The standard InChI is InChI=1S/C13H18N4O3/c1-8-6-16(7-9(8)2)13(18)11-5-10(17(19)20)3-4-12(11)15-14/h3-5,8-9,15H,6-7,14H2,1-2H3. The normalized spacial score (nSPS) is 21.9. The molecular formula is C13H18N4O3. The van der Waals surface area contributed by atoms with E-state index in [-0.39, 0.29) is 17.2 Å². The summed E-state index contributed by atoms with van der Waals surface area (Å²) in [5, 5.41) is 10.8. The van der Waals surface area contributed by atoms with Crippen molar-refractivity contribution in [3.8, 4) is 0 Å². The summed E-state index contributed by atoms with van der Waals surface area (Å²) in [7, 11) is 0. The summed E-state index contributed by atoms with van der Waals surface area (Å²) < 4.78 is 0. The van der Waals surface area contributed by atoms with Crippen LogP contribution in [0.2, 0.25) is 0 Å². The number of carbonyl (C=O) groups is 1. The number of nitro groups is 1. The average molecular weight is 278 g/mol. The van der Waals surface area contributed by atoms with E-state index in [4.69, 9.17) is 5.84 Å². The minimum Gasteiger partial charge on any atom is -0.338 e. The topological polar surface area (TPSA) is 102 Å². The highest BCUT2D eigenvalue weighted by Crippen LogP contribution is 2.27. The van der Waals surface area contributed by atoms with Gasteiger partial charge >= 0.3 is 0 Å². The molecule has 1 saturated heterocycles. The van der Waals surface area contributed by atoms with Crippen LogP contribution in [0.3, 0.4) is 0 Å². The molecule has 0 aliphatic carbocycles. The van der Waals surface area contributed by atoms with Crippen molar-refractivity contribution in [1.29, 1.82) is 0 Å². The van der Waals surface area contributed by atoms with Crippen LogP contribution in [0.4, 0.5) is 11.4 Å². The number of benzene rings is 1. The monoisotopic (exact) mass is 278 g/mol. The van der Waals surface area contributed by atoms with E-state index in [1.807, 2.05) is 0 Å². The molecule has 0 saturated carbocycles. The van der Waals surface area contributed by atoms with Gasteiger partial charge in [-0.1, -0.05) is 13.8 Å². The summed E-state index contributed by atoms with van der Waals surface area (Å²) in [5.74, 6) is 6.00. The van der Waals surface area contributed by atoms with E-state index in [9.17, 15) is 14.9 Å². The van der Waals surface area contributed by atoms with Crippen LogP contribution in [0.25, 0.3) is 0 Å². The number of nitrogens with one attached hydrogen (secondary N) is 1. The number of nitro benzene ring substituents is 1. The molecule has 108 valence electrons. The second-order valence-electron chi connectivity index (χ2n) is 5.30. The first-order chi connectivity index (χ1) is 9.43. The fourth-order valence-electron chi connectivity index (χ4n) is 2.41. The second-order valence-corrected chi connectivity index (χ2v) is 5.30. The molecule has 1 heterocycles. The molecule has 0 spiro atoms. The van der Waals surface area contributed by atoms with Gasteiger partial charge in [-0.15, -0.1) is 0 Å². The maximum atomic E-state index is 12.5. The molecule has 20 heavy (non-hydrogen) atoms. The maximum absolute atomic E-state index is 12.5. The Labute approximate surface area is 116 Å². The fourth-order valence-corrected chi connectivity index (χ4v) is 2.41. The van der Waals surface area contributed by atoms with Gasteiger partial charge in [0, 0.05) is 25.2 Å². The van der Waals surface area contributed by atoms with Crippen LogP contribution in [0, 0.1) is 22.0 Å². The van der Waals surface area contributed by atoms with Crippen LogP contribution >= 0.6 is 0 Å². The van der Waals surface area contributed by atoms with E-state index in [2.05, 4.69) is 19.3 Å². The molecule has 3 N–H and O–H groups in total. The second kappa shape index (κ2) is 5.46. The number of nitrogens with two attached hydrogens (primary N) is 1. The molecule has 1 aromatic rings. The van der Waals surface area contributed by atoms with Crippen molar-refractivity contribution in [3.05, 3.63) is 33.9 Å². The summed E-state index contributed by atoms with van der Waals surface area (Å²) >= 11 is 0. The van der Waals surface area contributed by atoms with E-state index in [1.165, 1.54) is 18.2 Å². The van der Waals surface area contributed by atoms with Crippen molar-refractivity contribution in [2.45, 2.75) is 13.8 Å². The molecule has 2 atom stereocenters. The van der Waals surface area contributed by atoms with Crippen LogP contribution in [-0.4, -0.2) is 28.8 Å². The van der Waals surface area contributed by atoms with Crippen LogP contribution < -0.4 is 11.3 Å². The van der Waals surface area contributed by atoms with Crippen LogP contribution in [0.1, 0.15) is 24.2 Å². The van der Waals surface area contributed by atoms with Crippen molar-refractivity contribution in [2.75, 3.05) is 18.5 Å².